The molecule has 0 spiro atoms. The monoisotopic (exact) mass is 321 g/mol. The van der Waals surface area contributed by atoms with Crippen molar-refractivity contribution in [2.24, 2.45) is 9.98 Å². The van der Waals surface area contributed by atoms with Crippen LogP contribution in [0.1, 0.15) is 43.5 Å². The smallest absolute Gasteiger partial charge is 0.257 e. The highest BCUT2D eigenvalue weighted by molar-refractivity contribution is 8.13. The number of allylic oxidation sites excluding steroid dienone is 2. The van der Waals surface area contributed by atoms with Crippen LogP contribution in [0.2, 0.25) is 0 Å². The number of hydrogen-bond donors (Lipinski definition) is 0. The van der Waals surface area contributed by atoms with Gasteiger partial charge < -0.3 is 0 Å². The number of aliphatic imine (C=N–C) groups is 1. The maximum absolute atomic E-state index is 13.2. The fourth-order valence-electron chi connectivity index (χ4n) is 2.70. The Balaban J connectivity index is 2.27. The van der Waals surface area contributed by atoms with Gasteiger partial charge >= 0.3 is 0 Å². The lowest BCUT2D eigenvalue weighted by molar-refractivity contribution is 0.146. The zero-order chi connectivity index (χ0) is 15.5. The fourth-order valence-corrected chi connectivity index (χ4v) is 3.09. The highest BCUT2D eigenvalue weighted by atomic mass is 32.2. The molecule has 0 saturated carbocycles. The molecule has 3 rings (SSSR count). The molecule has 0 saturated heterocycles. The van der Waals surface area contributed by atoms with Crippen molar-refractivity contribution >= 4 is 28.6 Å². The molecule has 0 bridgehead atoms. The average Bonchev–Trinajstić information content (AvgIpc) is 2.76. The molecular formula is C16H17F2N3S. The van der Waals surface area contributed by atoms with Crippen LogP contribution in [0.25, 0.3) is 11.6 Å². The minimum Gasteiger partial charge on any atom is -0.257 e. The molecule has 22 heavy (non-hydrogen) atoms. The summed E-state index contributed by atoms with van der Waals surface area (Å²) in [5.74, 6) is 0. The Kier molecular flexibility index (Phi) is 4.66. The lowest BCUT2D eigenvalue weighted by Crippen LogP contribution is -2.32. The van der Waals surface area contributed by atoms with Gasteiger partial charge in [-0.25, -0.2) is 18.8 Å². The van der Waals surface area contributed by atoms with Gasteiger partial charge in [0.2, 0.25) is 0 Å². The summed E-state index contributed by atoms with van der Waals surface area (Å²) in [5, 5.41) is 2.06. The molecule has 3 nitrogen and oxygen atoms in total. The molecule has 0 fully saturated rings. The van der Waals surface area contributed by atoms with E-state index < -0.39 is 6.43 Å². The van der Waals surface area contributed by atoms with Crippen LogP contribution < -0.4 is 10.6 Å². The lowest BCUT2D eigenvalue weighted by Gasteiger charge is -2.13. The van der Waals surface area contributed by atoms with Crippen LogP contribution in [0.3, 0.4) is 0 Å². The fraction of sp³-hybridized carbons (Fsp3) is 0.438. The van der Waals surface area contributed by atoms with Crippen molar-refractivity contribution in [3.63, 3.8) is 0 Å². The van der Waals surface area contributed by atoms with E-state index in [0.29, 0.717) is 28.0 Å². The number of rotatable bonds is 2. The quantitative estimate of drug-likeness (QED) is 0.839. The molecule has 0 atom stereocenters. The van der Waals surface area contributed by atoms with Crippen LogP contribution in [0, 0.1) is 0 Å². The van der Waals surface area contributed by atoms with E-state index in [9.17, 15) is 8.78 Å². The topological polar surface area (TPSA) is 37.6 Å². The maximum atomic E-state index is 13.2. The summed E-state index contributed by atoms with van der Waals surface area (Å²) in [5.41, 5.74) is 1.45. The number of nitrogens with zero attached hydrogens (tertiary/aromatic N) is 3. The molecule has 0 unspecified atom stereocenters. The lowest BCUT2D eigenvalue weighted by atomic mass is 9.96. The van der Waals surface area contributed by atoms with E-state index >= 15 is 0 Å². The third kappa shape index (κ3) is 3.11. The van der Waals surface area contributed by atoms with E-state index in [2.05, 4.69) is 21.0 Å². The summed E-state index contributed by atoms with van der Waals surface area (Å²) >= 11 is 1.46. The molecule has 116 valence electrons. The van der Waals surface area contributed by atoms with E-state index in [1.165, 1.54) is 17.8 Å². The van der Waals surface area contributed by atoms with E-state index in [1.807, 2.05) is 12.3 Å². The second-order valence-electron chi connectivity index (χ2n) is 5.25. The number of hydrogen-bond acceptors (Lipinski definition) is 4. The van der Waals surface area contributed by atoms with Gasteiger partial charge in [0, 0.05) is 5.22 Å². The first-order valence-corrected chi connectivity index (χ1v) is 8.57. The van der Waals surface area contributed by atoms with Gasteiger partial charge in [-0.05, 0) is 43.6 Å². The first-order valence-electron chi connectivity index (χ1n) is 7.35. The number of pyridine rings is 1. The van der Waals surface area contributed by atoms with Crippen molar-refractivity contribution in [3.8, 4) is 0 Å². The Morgan fingerprint density at radius 3 is 2.77 bits per heavy atom. The first-order chi connectivity index (χ1) is 10.7. The normalized spacial score (nSPS) is 17.8. The zero-order valence-corrected chi connectivity index (χ0v) is 13.2. The third-order valence-corrected chi connectivity index (χ3v) is 4.37. The number of alkyl halides is 2. The Bertz CT molecular complexity index is 753. The van der Waals surface area contributed by atoms with Crippen LogP contribution in [0.15, 0.2) is 22.1 Å². The van der Waals surface area contributed by atoms with Gasteiger partial charge in [-0.15, -0.1) is 0 Å². The molecule has 0 amide bonds. The van der Waals surface area contributed by atoms with E-state index in [-0.39, 0.29) is 5.69 Å². The minimum atomic E-state index is -2.58. The van der Waals surface area contributed by atoms with Gasteiger partial charge in [0.15, 0.2) is 5.17 Å². The maximum Gasteiger partial charge on any atom is 0.280 e. The van der Waals surface area contributed by atoms with Crippen LogP contribution in [0.5, 0.6) is 0 Å². The predicted octanol–water partition coefficient (Wildman–Crippen LogP) is 3.11. The van der Waals surface area contributed by atoms with Crippen molar-refractivity contribution in [2.75, 3.05) is 12.8 Å². The van der Waals surface area contributed by atoms with Crippen molar-refractivity contribution in [2.45, 2.75) is 32.1 Å². The van der Waals surface area contributed by atoms with Gasteiger partial charge in [0.1, 0.15) is 5.69 Å². The van der Waals surface area contributed by atoms with Gasteiger partial charge in [-0.3, -0.25) is 4.99 Å². The second-order valence-corrected chi connectivity index (χ2v) is 6.03. The van der Waals surface area contributed by atoms with Gasteiger partial charge in [-0.1, -0.05) is 23.9 Å². The number of fused-ring (bicyclic) bond motifs is 1. The SMILES string of the molecule is CSC1=NCC=c2cc(C(F)F)nc(C3=CCCCC3)c2=N1. The Morgan fingerprint density at radius 2 is 2.09 bits per heavy atom. The van der Waals surface area contributed by atoms with Gasteiger partial charge in [0.05, 0.1) is 17.6 Å². The van der Waals surface area contributed by atoms with Crippen molar-refractivity contribution in [1.82, 2.24) is 4.98 Å². The summed E-state index contributed by atoms with van der Waals surface area (Å²) in [6.45, 7) is 0.456. The molecule has 0 radical (unpaired) electrons. The van der Waals surface area contributed by atoms with E-state index in [1.54, 1.807) is 0 Å². The summed E-state index contributed by atoms with van der Waals surface area (Å²) in [4.78, 5) is 13.1. The number of halogens is 2. The summed E-state index contributed by atoms with van der Waals surface area (Å²) < 4.78 is 26.3. The number of amidine groups is 1. The molecule has 0 aromatic carbocycles. The van der Waals surface area contributed by atoms with Crippen molar-refractivity contribution in [1.29, 1.82) is 0 Å². The average molecular weight is 321 g/mol. The van der Waals surface area contributed by atoms with Gasteiger partial charge in [-0.2, -0.15) is 0 Å². The molecule has 1 aliphatic carbocycles. The van der Waals surface area contributed by atoms with Crippen LogP contribution >= 0.6 is 11.8 Å². The van der Waals surface area contributed by atoms with E-state index in [0.717, 1.165) is 31.3 Å². The number of thioether (sulfide) groups is 1. The third-order valence-electron chi connectivity index (χ3n) is 3.79. The zero-order valence-electron chi connectivity index (χ0n) is 12.4. The molecular weight excluding hydrogens is 304 g/mol. The highest BCUT2D eigenvalue weighted by Gasteiger charge is 2.17. The Morgan fingerprint density at radius 1 is 1.23 bits per heavy atom. The summed E-state index contributed by atoms with van der Waals surface area (Å²) in [6.07, 6.45) is 7.33. The van der Waals surface area contributed by atoms with Crippen LogP contribution in [-0.2, 0) is 0 Å². The molecule has 1 aromatic rings. The second kappa shape index (κ2) is 6.69. The van der Waals surface area contributed by atoms with Crippen molar-refractivity contribution in [3.05, 3.63) is 34.1 Å². The summed E-state index contributed by atoms with van der Waals surface area (Å²) in [6, 6.07) is 1.44. The minimum absolute atomic E-state index is 0.181. The largest absolute Gasteiger partial charge is 0.280 e. The molecule has 1 aliphatic heterocycles. The van der Waals surface area contributed by atoms with Gasteiger partial charge in [0.25, 0.3) is 6.43 Å². The number of aromatic nitrogens is 1. The molecule has 6 heteroatoms. The van der Waals surface area contributed by atoms with E-state index in [4.69, 9.17) is 0 Å². The molecule has 1 aromatic heterocycles. The molecule has 2 aliphatic rings. The standard InChI is InChI=1S/C16H17F2N3S/c1-22-16-19-8-7-11-9-12(15(17)18)20-13(14(11)21-16)10-5-3-2-4-6-10/h5,7,9,15H,2-4,6,8H2,1H3. The van der Waals surface area contributed by atoms with Crippen LogP contribution in [0.4, 0.5) is 8.78 Å². The Labute approximate surface area is 132 Å². The highest BCUT2D eigenvalue weighted by Crippen LogP contribution is 2.25. The predicted molar refractivity (Wildman–Crippen MR) is 86.7 cm³/mol. The Hall–Kier alpha value is -1.56. The molecule has 2 heterocycles. The molecule has 0 N–H and O–H groups in total. The van der Waals surface area contributed by atoms with Crippen molar-refractivity contribution < 1.29 is 8.78 Å². The first kappa shape index (κ1) is 15.3. The van der Waals surface area contributed by atoms with Crippen LogP contribution in [-0.4, -0.2) is 23.0 Å². The summed E-state index contributed by atoms with van der Waals surface area (Å²) in [7, 11) is 0.